The van der Waals surface area contributed by atoms with Crippen molar-refractivity contribution in [2.45, 2.75) is 6.92 Å². The minimum Gasteiger partial charge on any atom is -0.351 e. The normalized spacial score (nSPS) is 11.3. The molecule has 1 heterocycles. The summed E-state index contributed by atoms with van der Waals surface area (Å²) in [6, 6.07) is 11.4. The molecule has 1 aromatic heterocycles. The van der Waals surface area contributed by atoms with Crippen LogP contribution in [0.2, 0.25) is 0 Å². The molecule has 0 saturated carbocycles. The highest BCUT2D eigenvalue weighted by Gasteiger charge is 2.16. The van der Waals surface area contributed by atoms with E-state index in [0.717, 1.165) is 21.4 Å². The highest BCUT2D eigenvalue weighted by Crippen LogP contribution is 2.21. The smallest absolute Gasteiger partial charge is 0.274 e. The molecule has 108 valence electrons. The number of anilines is 1. The molecule has 2 aromatic rings. The average Bonchev–Trinajstić information content (AvgIpc) is 2.88. The van der Waals surface area contributed by atoms with Crippen LogP contribution in [-0.2, 0) is 0 Å². The van der Waals surface area contributed by atoms with Crippen molar-refractivity contribution in [1.82, 2.24) is 4.98 Å². The van der Waals surface area contributed by atoms with Gasteiger partial charge >= 0.3 is 0 Å². The first kappa shape index (κ1) is 15.3. The molecule has 0 radical (unpaired) electrons. The fourth-order valence-corrected chi connectivity index (χ4v) is 2.30. The van der Waals surface area contributed by atoms with Crippen LogP contribution in [0.4, 0.5) is 5.69 Å². The van der Waals surface area contributed by atoms with E-state index in [9.17, 15) is 4.79 Å². The van der Waals surface area contributed by atoms with Crippen LogP contribution in [0.25, 0.3) is 12.2 Å². The number of hydrogen-bond acceptors (Lipinski definition) is 1. The van der Waals surface area contributed by atoms with Gasteiger partial charge < -0.3 is 9.88 Å². The maximum atomic E-state index is 12.5. The number of carbonyl (C=O) groups excluding carboxylic acids is 1. The molecule has 2 rings (SSSR count). The Balaban J connectivity index is 2.34. The van der Waals surface area contributed by atoms with E-state index in [4.69, 9.17) is 0 Å². The number of aromatic amines is 1. The standard InChI is InChI=1S/C17H17BrN2O/c1-4-15-13(10-12(2)18)11-16(19-15)17(21)20(3)14-8-6-5-7-9-14/h4-11,19H,1H2,2-3H3/b12-10+. The van der Waals surface area contributed by atoms with Gasteiger partial charge in [-0.15, -0.1) is 0 Å². The Morgan fingerprint density at radius 3 is 2.57 bits per heavy atom. The summed E-state index contributed by atoms with van der Waals surface area (Å²) in [5.41, 5.74) is 3.16. The van der Waals surface area contributed by atoms with Crippen molar-refractivity contribution >= 4 is 39.7 Å². The number of nitrogens with one attached hydrogen (secondary N) is 1. The van der Waals surface area contributed by atoms with Gasteiger partial charge in [-0.25, -0.2) is 0 Å². The van der Waals surface area contributed by atoms with E-state index in [1.54, 1.807) is 18.0 Å². The number of rotatable bonds is 4. The van der Waals surface area contributed by atoms with Gasteiger partial charge in [0.15, 0.2) is 0 Å². The fraction of sp³-hybridized carbons (Fsp3) is 0.118. The summed E-state index contributed by atoms with van der Waals surface area (Å²) in [5.74, 6) is -0.0869. The largest absolute Gasteiger partial charge is 0.351 e. The van der Waals surface area contributed by atoms with Crippen LogP contribution in [0.15, 0.2) is 47.5 Å². The summed E-state index contributed by atoms with van der Waals surface area (Å²) in [6.45, 7) is 5.72. The summed E-state index contributed by atoms with van der Waals surface area (Å²) in [5, 5.41) is 0. The van der Waals surface area contributed by atoms with E-state index in [-0.39, 0.29) is 5.91 Å². The number of aromatic nitrogens is 1. The second kappa shape index (κ2) is 6.59. The third-order valence-electron chi connectivity index (χ3n) is 3.12. The Morgan fingerprint density at radius 1 is 1.33 bits per heavy atom. The van der Waals surface area contributed by atoms with Crippen molar-refractivity contribution in [3.05, 3.63) is 64.4 Å². The van der Waals surface area contributed by atoms with Gasteiger partial charge in [0, 0.05) is 24.0 Å². The summed E-state index contributed by atoms with van der Waals surface area (Å²) in [6.07, 6.45) is 3.66. The molecule has 0 bridgehead atoms. The lowest BCUT2D eigenvalue weighted by atomic mass is 10.2. The molecule has 3 nitrogen and oxygen atoms in total. The number of para-hydroxylation sites is 1. The zero-order valence-electron chi connectivity index (χ0n) is 12.1. The average molecular weight is 345 g/mol. The zero-order chi connectivity index (χ0) is 15.4. The van der Waals surface area contributed by atoms with Crippen molar-refractivity contribution in [3.8, 4) is 0 Å². The molecule has 21 heavy (non-hydrogen) atoms. The van der Waals surface area contributed by atoms with Gasteiger partial charge in [-0.3, -0.25) is 4.79 Å². The summed E-state index contributed by atoms with van der Waals surface area (Å²) >= 11 is 3.40. The van der Waals surface area contributed by atoms with Crippen LogP contribution in [0, 0.1) is 0 Å². The number of benzene rings is 1. The van der Waals surface area contributed by atoms with E-state index in [1.807, 2.05) is 49.4 Å². The van der Waals surface area contributed by atoms with E-state index in [0.29, 0.717) is 5.69 Å². The first-order chi connectivity index (χ1) is 10.0. The van der Waals surface area contributed by atoms with Crippen LogP contribution in [0.1, 0.15) is 28.7 Å². The lowest BCUT2D eigenvalue weighted by Gasteiger charge is -2.16. The minimum atomic E-state index is -0.0869. The van der Waals surface area contributed by atoms with Crippen molar-refractivity contribution in [3.63, 3.8) is 0 Å². The molecule has 0 aliphatic rings. The van der Waals surface area contributed by atoms with Crippen LogP contribution in [0.3, 0.4) is 0 Å². The van der Waals surface area contributed by atoms with E-state index in [2.05, 4.69) is 27.5 Å². The Hall–Kier alpha value is -2.07. The van der Waals surface area contributed by atoms with E-state index < -0.39 is 0 Å². The van der Waals surface area contributed by atoms with Crippen molar-refractivity contribution in [2.75, 3.05) is 11.9 Å². The topological polar surface area (TPSA) is 36.1 Å². The van der Waals surface area contributed by atoms with Crippen LogP contribution >= 0.6 is 15.9 Å². The molecule has 1 aromatic carbocycles. The highest BCUT2D eigenvalue weighted by molar-refractivity contribution is 9.11. The SMILES string of the molecule is C=Cc1[nH]c(C(=O)N(C)c2ccccc2)cc1/C=C(\C)Br. The molecule has 1 N–H and O–H groups in total. The number of carbonyl (C=O) groups is 1. The first-order valence-electron chi connectivity index (χ1n) is 6.55. The van der Waals surface area contributed by atoms with Gasteiger partial charge in [0.25, 0.3) is 5.91 Å². The number of hydrogen-bond donors (Lipinski definition) is 1. The summed E-state index contributed by atoms with van der Waals surface area (Å²) < 4.78 is 0.986. The molecule has 0 saturated heterocycles. The number of H-pyrrole nitrogens is 1. The quantitative estimate of drug-likeness (QED) is 0.857. The number of allylic oxidation sites excluding steroid dienone is 1. The van der Waals surface area contributed by atoms with Crippen LogP contribution < -0.4 is 4.90 Å². The molecular weight excluding hydrogens is 328 g/mol. The highest BCUT2D eigenvalue weighted by atomic mass is 79.9. The van der Waals surface area contributed by atoms with Crippen molar-refractivity contribution < 1.29 is 4.79 Å². The maximum absolute atomic E-state index is 12.5. The van der Waals surface area contributed by atoms with Gasteiger partial charge in [0.05, 0.1) is 0 Å². The van der Waals surface area contributed by atoms with E-state index in [1.165, 1.54) is 0 Å². The Kier molecular flexibility index (Phi) is 4.81. The molecule has 0 atom stereocenters. The lowest BCUT2D eigenvalue weighted by Crippen LogP contribution is -2.26. The molecule has 0 aliphatic heterocycles. The predicted molar refractivity (Wildman–Crippen MR) is 92.6 cm³/mol. The Bertz CT molecular complexity index is 682. The summed E-state index contributed by atoms with van der Waals surface area (Å²) in [7, 11) is 1.76. The second-order valence-electron chi connectivity index (χ2n) is 4.69. The van der Waals surface area contributed by atoms with Gasteiger partial charge in [-0.05, 0) is 41.8 Å². The Morgan fingerprint density at radius 2 is 2.00 bits per heavy atom. The molecule has 0 fully saturated rings. The van der Waals surface area contributed by atoms with Crippen LogP contribution in [-0.4, -0.2) is 17.9 Å². The Labute approximate surface area is 133 Å². The predicted octanol–water partition coefficient (Wildman–Crippen LogP) is 4.69. The fourth-order valence-electron chi connectivity index (χ4n) is 2.05. The molecule has 4 heteroatoms. The molecular formula is C17H17BrN2O. The zero-order valence-corrected chi connectivity index (χ0v) is 13.6. The monoisotopic (exact) mass is 344 g/mol. The lowest BCUT2D eigenvalue weighted by molar-refractivity contribution is 0.0989. The van der Waals surface area contributed by atoms with Crippen molar-refractivity contribution in [1.29, 1.82) is 0 Å². The number of nitrogens with zero attached hydrogens (tertiary/aromatic N) is 1. The first-order valence-corrected chi connectivity index (χ1v) is 7.34. The number of amides is 1. The van der Waals surface area contributed by atoms with Gasteiger partial charge in [0.2, 0.25) is 0 Å². The van der Waals surface area contributed by atoms with Gasteiger partial charge in [-0.1, -0.05) is 40.7 Å². The molecule has 0 unspecified atom stereocenters. The minimum absolute atomic E-state index is 0.0869. The van der Waals surface area contributed by atoms with Gasteiger partial charge in [0.1, 0.15) is 5.69 Å². The van der Waals surface area contributed by atoms with Gasteiger partial charge in [-0.2, -0.15) is 0 Å². The third kappa shape index (κ3) is 3.52. The molecule has 1 amide bonds. The van der Waals surface area contributed by atoms with E-state index >= 15 is 0 Å². The third-order valence-corrected chi connectivity index (χ3v) is 3.35. The maximum Gasteiger partial charge on any atom is 0.274 e. The molecule has 0 aliphatic carbocycles. The number of halogens is 1. The summed E-state index contributed by atoms with van der Waals surface area (Å²) in [4.78, 5) is 17.3. The molecule has 0 spiro atoms. The second-order valence-corrected chi connectivity index (χ2v) is 5.94. The van der Waals surface area contributed by atoms with Crippen molar-refractivity contribution in [2.24, 2.45) is 0 Å². The van der Waals surface area contributed by atoms with Crippen LogP contribution in [0.5, 0.6) is 0 Å².